The van der Waals surface area contributed by atoms with Gasteiger partial charge in [-0.15, -0.1) is 10.2 Å². The van der Waals surface area contributed by atoms with E-state index in [9.17, 15) is 4.79 Å². The largest absolute Gasteiger partial charge is 0.309 e. The Bertz CT molecular complexity index is 1020. The van der Waals surface area contributed by atoms with Crippen LogP contribution >= 0.6 is 0 Å². The van der Waals surface area contributed by atoms with Crippen molar-refractivity contribution < 1.29 is 4.79 Å². The van der Waals surface area contributed by atoms with E-state index in [0.717, 1.165) is 11.1 Å². The van der Waals surface area contributed by atoms with Gasteiger partial charge in [-0.05, 0) is 10.8 Å². The van der Waals surface area contributed by atoms with Gasteiger partial charge in [0.15, 0.2) is 0 Å². The molecule has 1 N–H and O–H groups in total. The molecule has 0 aliphatic heterocycles. The molecule has 27 heavy (non-hydrogen) atoms. The molecule has 0 radical (unpaired) electrons. The number of rotatable bonds is 6. The number of nitrogens with zero attached hydrogens (tertiary/aromatic N) is 6. The van der Waals surface area contributed by atoms with Gasteiger partial charge in [0.1, 0.15) is 12.4 Å². The van der Waals surface area contributed by atoms with Gasteiger partial charge in [-0.1, -0.05) is 60.7 Å². The second-order valence-electron chi connectivity index (χ2n) is 5.92. The average Bonchev–Trinajstić information content (AvgIpc) is 3.33. The summed E-state index contributed by atoms with van der Waals surface area (Å²) in [6.45, 7) is 0.541. The van der Waals surface area contributed by atoms with Crippen LogP contribution in [0.1, 0.15) is 5.56 Å². The molecule has 8 nitrogen and oxygen atoms in total. The highest BCUT2D eigenvalue weighted by Crippen LogP contribution is 2.12. The monoisotopic (exact) mass is 359 g/mol. The van der Waals surface area contributed by atoms with Crippen molar-refractivity contribution in [3.63, 3.8) is 0 Å². The van der Waals surface area contributed by atoms with Crippen molar-refractivity contribution in [2.45, 2.75) is 13.1 Å². The lowest BCUT2D eigenvalue weighted by Crippen LogP contribution is -2.22. The fourth-order valence-electron chi connectivity index (χ4n) is 2.65. The number of hydrogen-bond acceptors (Lipinski definition) is 5. The van der Waals surface area contributed by atoms with Crippen LogP contribution in [0.5, 0.6) is 0 Å². The van der Waals surface area contributed by atoms with Gasteiger partial charge < -0.3 is 5.32 Å². The third-order valence-electron chi connectivity index (χ3n) is 3.93. The zero-order valence-corrected chi connectivity index (χ0v) is 14.4. The smallest absolute Gasteiger partial charge is 0.249 e. The molecular formula is C19H17N7O. The summed E-state index contributed by atoms with van der Waals surface area (Å²) in [6.07, 6.45) is 1.65. The van der Waals surface area contributed by atoms with E-state index in [1.165, 1.54) is 4.80 Å². The third kappa shape index (κ3) is 4.06. The minimum Gasteiger partial charge on any atom is -0.309 e. The average molecular weight is 359 g/mol. The fraction of sp³-hybridized carbons (Fsp3) is 0.105. The molecule has 0 unspecified atom stereocenters. The fourth-order valence-corrected chi connectivity index (χ4v) is 2.65. The van der Waals surface area contributed by atoms with Gasteiger partial charge in [-0.25, -0.2) is 4.68 Å². The number of amides is 1. The summed E-state index contributed by atoms with van der Waals surface area (Å²) in [6, 6.07) is 21.2. The Hall–Kier alpha value is -3.81. The van der Waals surface area contributed by atoms with E-state index >= 15 is 0 Å². The first kappa shape index (κ1) is 16.6. The van der Waals surface area contributed by atoms with Gasteiger partial charge in [0.05, 0.1) is 12.7 Å². The van der Waals surface area contributed by atoms with Gasteiger partial charge in [0.2, 0.25) is 11.7 Å². The zero-order chi connectivity index (χ0) is 18.5. The molecule has 2 aromatic carbocycles. The predicted molar refractivity (Wildman–Crippen MR) is 99.7 cm³/mol. The van der Waals surface area contributed by atoms with Crippen LogP contribution < -0.4 is 5.32 Å². The van der Waals surface area contributed by atoms with Crippen molar-refractivity contribution in [3.8, 4) is 11.4 Å². The van der Waals surface area contributed by atoms with Crippen LogP contribution in [-0.2, 0) is 17.9 Å². The lowest BCUT2D eigenvalue weighted by Gasteiger charge is -2.08. The van der Waals surface area contributed by atoms with Crippen LogP contribution in [0.4, 0.5) is 5.82 Å². The van der Waals surface area contributed by atoms with E-state index < -0.39 is 0 Å². The lowest BCUT2D eigenvalue weighted by atomic mass is 10.2. The zero-order valence-electron chi connectivity index (χ0n) is 14.4. The molecule has 134 valence electrons. The minimum atomic E-state index is -0.248. The molecule has 0 fully saturated rings. The Morgan fingerprint density at radius 3 is 2.48 bits per heavy atom. The van der Waals surface area contributed by atoms with Crippen molar-refractivity contribution in [1.29, 1.82) is 0 Å². The van der Waals surface area contributed by atoms with Crippen molar-refractivity contribution >= 4 is 11.7 Å². The summed E-state index contributed by atoms with van der Waals surface area (Å²) in [5.74, 6) is 0.853. The molecule has 0 saturated heterocycles. The number of carbonyl (C=O) groups excluding carboxylic acids is 1. The van der Waals surface area contributed by atoms with Crippen LogP contribution in [-0.4, -0.2) is 35.9 Å². The third-order valence-corrected chi connectivity index (χ3v) is 3.93. The van der Waals surface area contributed by atoms with Crippen molar-refractivity contribution in [3.05, 3.63) is 78.5 Å². The number of tetrazole rings is 1. The van der Waals surface area contributed by atoms with Gasteiger partial charge in [0, 0.05) is 11.6 Å². The Balaban J connectivity index is 1.41. The SMILES string of the molecule is O=C(Cn1nnc(-c2ccccc2)n1)Nc1ccnn1Cc1ccccc1. The van der Waals surface area contributed by atoms with Crippen molar-refractivity contribution in [2.24, 2.45) is 0 Å². The molecule has 8 heteroatoms. The highest BCUT2D eigenvalue weighted by Gasteiger charge is 2.11. The molecule has 0 aliphatic carbocycles. The Morgan fingerprint density at radius 2 is 1.70 bits per heavy atom. The minimum absolute atomic E-state index is 0.0314. The molecular weight excluding hydrogens is 342 g/mol. The summed E-state index contributed by atoms with van der Waals surface area (Å²) in [5.41, 5.74) is 1.95. The van der Waals surface area contributed by atoms with Gasteiger partial charge in [-0.2, -0.15) is 9.90 Å². The molecule has 0 atom stereocenters. The summed E-state index contributed by atoms with van der Waals surface area (Å²) >= 11 is 0. The Kier molecular flexibility index (Phi) is 4.69. The molecule has 0 bridgehead atoms. The van der Waals surface area contributed by atoms with Gasteiger partial charge in [-0.3, -0.25) is 4.79 Å². The van der Waals surface area contributed by atoms with E-state index in [2.05, 4.69) is 25.8 Å². The molecule has 0 aliphatic rings. The maximum Gasteiger partial charge on any atom is 0.249 e. The molecule has 4 rings (SSSR count). The number of benzene rings is 2. The van der Waals surface area contributed by atoms with Crippen LogP contribution in [0, 0.1) is 0 Å². The molecule has 4 aromatic rings. The maximum atomic E-state index is 12.3. The first-order valence-electron chi connectivity index (χ1n) is 8.47. The first-order valence-corrected chi connectivity index (χ1v) is 8.47. The van der Waals surface area contributed by atoms with E-state index in [1.807, 2.05) is 60.7 Å². The van der Waals surface area contributed by atoms with E-state index in [1.54, 1.807) is 16.9 Å². The molecule has 2 aromatic heterocycles. The van der Waals surface area contributed by atoms with Crippen molar-refractivity contribution in [1.82, 2.24) is 30.0 Å². The number of anilines is 1. The molecule has 2 heterocycles. The van der Waals surface area contributed by atoms with Gasteiger partial charge in [0.25, 0.3) is 0 Å². The van der Waals surface area contributed by atoms with Crippen molar-refractivity contribution in [2.75, 3.05) is 5.32 Å². The first-order chi connectivity index (χ1) is 13.3. The van der Waals surface area contributed by atoms with Crippen LogP contribution in [0.3, 0.4) is 0 Å². The van der Waals surface area contributed by atoms with E-state index in [4.69, 9.17) is 0 Å². The summed E-state index contributed by atoms with van der Waals surface area (Å²) < 4.78 is 1.73. The topological polar surface area (TPSA) is 90.5 Å². The van der Waals surface area contributed by atoms with Crippen LogP contribution in [0.25, 0.3) is 11.4 Å². The highest BCUT2D eigenvalue weighted by atomic mass is 16.2. The summed E-state index contributed by atoms with van der Waals surface area (Å²) in [4.78, 5) is 13.6. The maximum absolute atomic E-state index is 12.3. The number of nitrogens with one attached hydrogen (secondary N) is 1. The lowest BCUT2D eigenvalue weighted by molar-refractivity contribution is -0.117. The molecule has 0 saturated carbocycles. The highest BCUT2D eigenvalue weighted by molar-refractivity contribution is 5.89. The summed E-state index contributed by atoms with van der Waals surface area (Å²) in [5, 5.41) is 19.3. The number of carbonyl (C=O) groups is 1. The van der Waals surface area contributed by atoms with E-state index in [0.29, 0.717) is 18.2 Å². The Labute approximate surface area is 155 Å². The standard InChI is InChI=1S/C19H17N7O/c27-18(14-26-23-19(22-24-26)16-9-5-2-6-10-16)21-17-11-12-20-25(17)13-15-7-3-1-4-8-15/h1-12H,13-14H2,(H,21,27). The number of aromatic nitrogens is 6. The number of hydrogen-bond donors (Lipinski definition) is 1. The Morgan fingerprint density at radius 1 is 0.963 bits per heavy atom. The van der Waals surface area contributed by atoms with Gasteiger partial charge >= 0.3 is 0 Å². The second-order valence-corrected chi connectivity index (χ2v) is 5.92. The molecule has 1 amide bonds. The molecule has 0 spiro atoms. The quantitative estimate of drug-likeness (QED) is 0.570. The van der Waals surface area contributed by atoms with E-state index in [-0.39, 0.29) is 12.5 Å². The second kappa shape index (κ2) is 7.61. The summed E-state index contributed by atoms with van der Waals surface area (Å²) in [7, 11) is 0. The van der Waals surface area contributed by atoms with Crippen LogP contribution in [0.2, 0.25) is 0 Å². The normalized spacial score (nSPS) is 10.7. The predicted octanol–water partition coefficient (Wildman–Crippen LogP) is 2.22. The van der Waals surface area contributed by atoms with Crippen LogP contribution in [0.15, 0.2) is 72.9 Å².